The number of thioether (sulfide) groups is 1. The molecule has 3 aromatic carbocycles. The lowest BCUT2D eigenvalue weighted by atomic mass is 10.1. The molecule has 1 saturated heterocycles. The normalized spacial score (nSPS) is 16.1. The van der Waals surface area contributed by atoms with E-state index in [1.807, 2.05) is 81.4 Å². The third-order valence-corrected chi connectivity index (χ3v) is 6.83. The van der Waals surface area contributed by atoms with E-state index in [0.29, 0.717) is 23.2 Å². The van der Waals surface area contributed by atoms with E-state index in [1.54, 1.807) is 4.90 Å². The van der Waals surface area contributed by atoms with Crippen LogP contribution in [0.4, 0.5) is 5.69 Å². The van der Waals surface area contributed by atoms with Gasteiger partial charge < -0.3 is 4.74 Å². The van der Waals surface area contributed by atoms with Gasteiger partial charge in [-0.25, -0.2) is 4.99 Å². The van der Waals surface area contributed by atoms with Gasteiger partial charge in [-0.15, -0.1) is 0 Å². The molecular weight excluding hydrogens is 496 g/mol. The molecular formula is C27H25BrN2O2S. The number of carbonyl (C=O) groups excluding carboxylic acids is 1. The molecule has 1 aliphatic heterocycles. The number of para-hydroxylation sites is 1. The van der Waals surface area contributed by atoms with Crippen molar-refractivity contribution >= 4 is 50.5 Å². The monoisotopic (exact) mass is 520 g/mol. The number of amides is 1. The minimum Gasteiger partial charge on any atom is -0.488 e. The molecule has 0 aliphatic carbocycles. The van der Waals surface area contributed by atoms with Crippen LogP contribution in [-0.2, 0) is 11.4 Å². The quantitative estimate of drug-likeness (QED) is 0.321. The smallest absolute Gasteiger partial charge is 0.266 e. The minimum absolute atomic E-state index is 0.0331. The lowest BCUT2D eigenvalue weighted by Crippen LogP contribution is -2.28. The van der Waals surface area contributed by atoms with E-state index in [2.05, 4.69) is 28.1 Å². The molecule has 6 heteroatoms. The van der Waals surface area contributed by atoms with Crippen LogP contribution < -0.4 is 4.74 Å². The molecule has 1 aliphatic rings. The highest BCUT2D eigenvalue weighted by Crippen LogP contribution is 2.36. The zero-order chi connectivity index (χ0) is 23.4. The first-order chi connectivity index (χ1) is 15.9. The third-order valence-electron chi connectivity index (χ3n) is 5.30. The Kier molecular flexibility index (Phi) is 7.36. The van der Waals surface area contributed by atoms with E-state index in [4.69, 9.17) is 9.73 Å². The minimum atomic E-state index is -0.0331. The SMILES string of the molecule is CCN1C(=O)/C(=C\c2ccccc2OCc2ccc(Br)cc2)SC1=Nc1cc(C)ccc1C. The highest BCUT2D eigenvalue weighted by Gasteiger charge is 2.32. The number of likely N-dealkylation sites (N-methyl/N-ethyl adjacent to an activating group) is 1. The fourth-order valence-corrected chi connectivity index (χ4v) is 4.74. The van der Waals surface area contributed by atoms with Gasteiger partial charge in [0.15, 0.2) is 5.17 Å². The predicted molar refractivity (Wildman–Crippen MR) is 141 cm³/mol. The maximum absolute atomic E-state index is 13.1. The molecule has 0 radical (unpaired) electrons. The molecule has 1 heterocycles. The second-order valence-electron chi connectivity index (χ2n) is 7.80. The van der Waals surface area contributed by atoms with Crippen LogP contribution >= 0.6 is 27.7 Å². The number of aliphatic imine (C=N–C) groups is 1. The van der Waals surface area contributed by atoms with Crippen molar-refractivity contribution in [3.63, 3.8) is 0 Å². The van der Waals surface area contributed by atoms with E-state index in [1.165, 1.54) is 11.8 Å². The fourth-order valence-electron chi connectivity index (χ4n) is 3.43. The molecule has 4 nitrogen and oxygen atoms in total. The number of ether oxygens (including phenoxy) is 1. The molecule has 0 N–H and O–H groups in total. The summed E-state index contributed by atoms with van der Waals surface area (Å²) >= 11 is 4.86. The van der Waals surface area contributed by atoms with Gasteiger partial charge in [-0.1, -0.05) is 58.4 Å². The average Bonchev–Trinajstić information content (AvgIpc) is 3.10. The molecule has 33 heavy (non-hydrogen) atoms. The number of aryl methyl sites for hydroxylation is 2. The van der Waals surface area contributed by atoms with Crippen LogP contribution in [0.3, 0.4) is 0 Å². The number of carbonyl (C=O) groups is 1. The topological polar surface area (TPSA) is 41.9 Å². The first-order valence-corrected chi connectivity index (χ1v) is 12.4. The number of amidine groups is 1. The number of rotatable bonds is 6. The predicted octanol–water partition coefficient (Wildman–Crippen LogP) is 7.27. The van der Waals surface area contributed by atoms with Crippen molar-refractivity contribution < 1.29 is 9.53 Å². The Labute approximate surface area is 207 Å². The summed E-state index contributed by atoms with van der Waals surface area (Å²) in [6, 6.07) is 22.0. The summed E-state index contributed by atoms with van der Waals surface area (Å²) in [5.74, 6) is 0.707. The molecule has 4 rings (SSSR count). The van der Waals surface area contributed by atoms with Gasteiger partial charge in [0.1, 0.15) is 12.4 Å². The lowest BCUT2D eigenvalue weighted by molar-refractivity contribution is -0.122. The Morgan fingerprint density at radius 2 is 1.82 bits per heavy atom. The van der Waals surface area contributed by atoms with Crippen LogP contribution in [0.1, 0.15) is 29.2 Å². The standard InChI is InChI=1S/C27H25BrN2O2S/c1-4-30-26(31)25(33-27(30)29-23-15-18(2)9-10-19(23)3)16-21-7-5-6-8-24(21)32-17-20-11-13-22(28)14-12-20/h5-16H,4,17H2,1-3H3/b25-16+,29-27?. The summed E-state index contributed by atoms with van der Waals surface area (Å²) in [6.45, 7) is 7.06. The summed E-state index contributed by atoms with van der Waals surface area (Å²) in [4.78, 5) is 20.3. The second kappa shape index (κ2) is 10.4. The van der Waals surface area contributed by atoms with Crippen LogP contribution in [0, 0.1) is 13.8 Å². The number of halogens is 1. The van der Waals surface area contributed by atoms with Gasteiger partial charge in [0, 0.05) is 16.6 Å². The van der Waals surface area contributed by atoms with E-state index in [0.717, 1.165) is 38.2 Å². The van der Waals surface area contributed by atoms with Crippen LogP contribution in [0.15, 0.2) is 81.1 Å². The summed E-state index contributed by atoms with van der Waals surface area (Å²) < 4.78 is 7.12. The first-order valence-electron chi connectivity index (χ1n) is 10.8. The molecule has 0 bridgehead atoms. The van der Waals surface area contributed by atoms with Gasteiger partial charge in [-0.3, -0.25) is 9.69 Å². The fraction of sp³-hybridized carbons (Fsp3) is 0.185. The lowest BCUT2D eigenvalue weighted by Gasteiger charge is -2.13. The molecule has 3 aromatic rings. The van der Waals surface area contributed by atoms with Crippen molar-refractivity contribution in [2.75, 3.05) is 6.54 Å². The van der Waals surface area contributed by atoms with Crippen molar-refractivity contribution in [2.45, 2.75) is 27.4 Å². The van der Waals surface area contributed by atoms with E-state index >= 15 is 0 Å². The Morgan fingerprint density at radius 3 is 2.58 bits per heavy atom. The highest BCUT2D eigenvalue weighted by atomic mass is 79.9. The Morgan fingerprint density at radius 1 is 1.06 bits per heavy atom. The summed E-state index contributed by atoms with van der Waals surface area (Å²) in [5, 5.41) is 0.704. The number of hydrogen-bond acceptors (Lipinski definition) is 4. The van der Waals surface area contributed by atoms with Crippen molar-refractivity contribution in [2.24, 2.45) is 4.99 Å². The molecule has 1 amide bonds. The molecule has 0 unspecified atom stereocenters. The second-order valence-corrected chi connectivity index (χ2v) is 9.72. The number of hydrogen-bond donors (Lipinski definition) is 0. The van der Waals surface area contributed by atoms with Gasteiger partial charge >= 0.3 is 0 Å². The average molecular weight is 521 g/mol. The Bertz CT molecular complexity index is 1240. The molecule has 168 valence electrons. The Balaban J connectivity index is 1.60. The molecule has 0 spiro atoms. The first kappa shape index (κ1) is 23.3. The molecule has 0 saturated carbocycles. The number of benzene rings is 3. The van der Waals surface area contributed by atoms with Gasteiger partial charge in [-0.05, 0) is 79.6 Å². The number of nitrogens with zero attached hydrogens (tertiary/aromatic N) is 2. The summed E-state index contributed by atoms with van der Waals surface area (Å²) in [5.41, 5.74) is 5.07. The zero-order valence-corrected chi connectivity index (χ0v) is 21.2. The van der Waals surface area contributed by atoms with Gasteiger partial charge in [0.2, 0.25) is 0 Å². The van der Waals surface area contributed by atoms with Gasteiger partial charge in [-0.2, -0.15) is 0 Å². The van der Waals surface area contributed by atoms with Crippen LogP contribution in [0.2, 0.25) is 0 Å². The van der Waals surface area contributed by atoms with Crippen LogP contribution in [0.25, 0.3) is 6.08 Å². The highest BCUT2D eigenvalue weighted by molar-refractivity contribution is 9.10. The third kappa shape index (κ3) is 5.57. The maximum Gasteiger partial charge on any atom is 0.266 e. The van der Waals surface area contributed by atoms with Crippen molar-refractivity contribution in [3.8, 4) is 5.75 Å². The maximum atomic E-state index is 13.1. The van der Waals surface area contributed by atoms with Crippen molar-refractivity contribution in [3.05, 3.63) is 98.4 Å². The largest absolute Gasteiger partial charge is 0.488 e. The van der Waals surface area contributed by atoms with Crippen molar-refractivity contribution in [1.29, 1.82) is 0 Å². The summed E-state index contributed by atoms with van der Waals surface area (Å²) in [7, 11) is 0. The van der Waals surface area contributed by atoms with Crippen LogP contribution in [0.5, 0.6) is 5.75 Å². The van der Waals surface area contributed by atoms with Gasteiger partial charge in [0.25, 0.3) is 5.91 Å². The zero-order valence-electron chi connectivity index (χ0n) is 18.8. The van der Waals surface area contributed by atoms with Crippen LogP contribution in [-0.4, -0.2) is 22.5 Å². The summed E-state index contributed by atoms with van der Waals surface area (Å²) in [6.07, 6.45) is 1.90. The molecule has 0 aromatic heterocycles. The van der Waals surface area contributed by atoms with E-state index in [9.17, 15) is 4.79 Å². The van der Waals surface area contributed by atoms with Crippen molar-refractivity contribution in [1.82, 2.24) is 4.90 Å². The van der Waals surface area contributed by atoms with E-state index < -0.39 is 0 Å². The molecule has 0 atom stereocenters. The van der Waals surface area contributed by atoms with Gasteiger partial charge in [0.05, 0.1) is 10.6 Å². The van der Waals surface area contributed by atoms with E-state index in [-0.39, 0.29) is 5.91 Å². The Hall–Kier alpha value is -2.83. The molecule has 1 fully saturated rings.